The Balaban J connectivity index is 1.02. The molecule has 280 valence electrons. The number of fused-ring (bicyclic) bond motifs is 6. The van der Waals surface area contributed by atoms with Gasteiger partial charge in [-0.2, -0.15) is 0 Å². The van der Waals surface area contributed by atoms with Crippen LogP contribution in [0.1, 0.15) is 39.7 Å². The highest BCUT2D eigenvalue weighted by molar-refractivity contribution is 7.58. The maximum absolute atomic E-state index is 14.5. The zero-order valence-electron chi connectivity index (χ0n) is 30.1. The first kappa shape index (κ1) is 36.3. The van der Waals surface area contributed by atoms with E-state index in [1.807, 2.05) is 103 Å². The number of hydrogen-bond donors (Lipinski definition) is 2. The lowest BCUT2D eigenvalue weighted by atomic mass is 9.98. The minimum atomic E-state index is -4.49. The van der Waals surface area contributed by atoms with Crippen LogP contribution in [0.3, 0.4) is 0 Å². The Morgan fingerprint density at radius 2 is 1.07 bits per heavy atom. The summed E-state index contributed by atoms with van der Waals surface area (Å²) in [6.07, 6.45) is -2.07. The molecule has 0 radical (unpaired) electrons. The second-order valence-electron chi connectivity index (χ2n) is 14.4. The predicted octanol–water partition coefficient (Wildman–Crippen LogP) is 8.04. The van der Waals surface area contributed by atoms with Gasteiger partial charge in [-0.3, -0.25) is 14.3 Å². The molecule has 1 fully saturated rings. The molecule has 0 spiro atoms. The molecule has 2 aliphatic carbocycles. The van der Waals surface area contributed by atoms with E-state index in [0.29, 0.717) is 5.56 Å². The highest BCUT2D eigenvalue weighted by Crippen LogP contribution is 2.52. The lowest BCUT2D eigenvalue weighted by Gasteiger charge is -2.42. The third kappa shape index (κ3) is 7.15. The molecule has 11 heteroatoms. The number of rotatable bonds is 10. The minimum Gasteiger partial charge on any atom is -0.481 e. The van der Waals surface area contributed by atoms with Crippen LogP contribution in [0, 0.1) is 5.92 Å². The summed E-state index contributed by atoms with van der Waals surface area (Å²) in [6, 6.07) is 40.8. The fourth-order valence-electron chi connectivity index (χ4n) is 8.42. The molecule has 8 rings (SSSR count). The van der Waals surface area contributed by atoms with E-state index in [-0.39, 0.29) is 51.1 Å². The topological polar surface area (TPSA) is 134 Å². The third-order valence-electron chi connectivity index (χ3n) is 11.1. The molecule has 2 N–H and O–H groups in total. The van der Waals surface area contributed by atoms with Crippen molar-refractivity contribution in [2.24, 2.45) is 5.92 Å². The lowest BCUT2D eigenvalue weighted by molar-refractivity contribution is -0.141. The Bertz CT molecular complexity index is 2210. The summed E-state index contributed by atoms with van der Waals surface area (Å²) in [5.74, 6) is -4.29. The number of benzene rings is 5. The van der Waals surface area contributed by atoms with Crippen LogP contribution in [0.2, 0.25) is 0 Å². The number of aliphatic carboxylic acids is 1. The van der Waals surface area contributed by atoms with Crippen LogP contribution in [-0.2, 0) is 25.3 Å². The van der Waals surface area contributed by atoms with E-state index in [0.717, 1.165) is 44.5 Å². The van der Waals surface area contributed by atoms with Gasteiger partial charge in [0, 0.05) is 31.1 Å². The molecular formula is C44H41N2O8P. The van der Waals surface area contributed by atoms with Crippen LogP contribution < -0.4 is 0 Å². The van der Waals surface area contributed by atoms with Crippen molar-refractivity contribution in [1.82, 2.24) is 9.80 Å². The average Bonchev–Trinajstić information content (AvgIpc) is 3.71. The van der Waals surface area contributed by atoms with E-state index in [2.05, 4.69) is 0 Å². The summed E-state index contributed by atoms with van der Waals surface area (Å²) in [5.41, 5.74) is 9.13. The number of carboxylic acid groups (broad SMARTS) is 1. The molecule has 5 aromatic carbocycles. The van der Waals surface area contributed by atoms with Crippen LogP contribution >= 0.6 is 7.37 Å². The van der Waals surface area contributed by atoms with Crippen LogP contribution in [0.5, 0.6) is 0 Å². The van der Waals surface area contributed by atoms with Crippen LogP contribution in [0.25, 0.3) is 22.3 Å². The number of ether oxygens (including phenoxy) is 2. The fourth-order valence-corrected chi connectivity index (χ4v) is 10.7. The first-order chi connectivity index (χ1) is 26.7. The van der Waals surface area contributed by atoms with E-state index in [1.54, 1.807) is 24.3 Å². The van der Waals surface area contributed by atoms with Gasteiger partial charge < -0.3 is 24.4 Å². The van der Waals surface area contributed by atoms with Gasteiger partial charge in [0.2, 0.25) is 7.37 Å². The van der Waals surface area contributed by atoms with E-state index in [1.165, 1.54) is 9.80 Å². The van der Waals surface area contributed by atoms with Gasteiger partial charge >= 0.3 is 18.2 Å². The molecule has 3 unspecified atom stereocenters. The Morgan fingerprint density at radius 3 is 1.55 bits per heavy atom. The van der Waals surface area contributed by atoms with E-state index >= 15 is 0 Å². The third-order valence-corrected chi connectivity index (χ3v) is 13.5. The first-order valence-electron chi connectivity index (χ1n) is 18.5. The summed E-state index contributed by atoms with van der Waals surface area (Å²) >= 11 is 0. The van der Waals surface area contributed by atoms with Crippen molar-refractivity contribution in [3.8, 4) is 22.3 Å². The molecule has 1 heterocycles. The first-order valence-corrected chi connectivity index (χ1v) is 20.4. The van der Waals surface area contributed by atoms with Crippen molar-refractivity contribution < 1.29 is 38.4 Å². The van der Waals surface area contributed by atoms with Gasteiger partial charge in [0.1, 0.15) is 19.0 Å². The van der Waals surface area contributed by atoms with E-state index in [4.69, 9.17) is 9.47 Å². The second-order valence-corrected chi connectivity index (χ2v) is 16.9. The van der Waals surface area contributed by atoms with Gasteiger partial charge in [-0.05, 0) is 56.5 Å². The lowest BCUT2D eigenvalue weighted by Crippen LogP contribution is -2.57. The molecule has 0 bridgehead atoms. The Hall–Kier alpha value is -5.70. The van der Waals surface area contributed by atoms with Gasteiger partial charge in [0.05, 0.1) is 12.5 Å². The van der Waals surface area contributed by atoms with Gasteiger partial charge in [-0.15, -0.1) is 0 Å². The van der Waals surface area contributed by atoms with Gasteiger partial charge in [-0.25, -0.2) is 9.59 Å². The number of piperazine rings is 1. The molecule has 2 amide bonds. The maximum atomic E-state index is 14.5. The summed E-state index contributed by atoms with van der Waals surface area (Å²) in [6.45, 7) is -0.352. The fraction of sp³-hybridized carbons (Fsp3) is 0.250. The van der Waals surface area contributed by atoms with Crippen molar-refractivity contribution in [2.75, 3.05) is 39.0 Å². The Labute approximate surface area is 319 Å². The predicted molar refractivity (Wildman–Crippen MR) is 208 cm³/mol. The Morgan fingerprint density at radius 1 is 0.636 bits per heavy atom. The van der Waals surface area contributed by atoms with Gasteiger partial charge in [0.15, 0.2) is 0 Å². The number of carbonyl (C=O) groups is 3. The molecule has 55 heavy (non-hydrogen) atoms. The molecule has 5 aromatic rings. The second kappa shape index (κ2) is 15.2. The minimum absolute atomic E-state index is 0.00629. The number of carboxylic acids is 1. The summed E-state index contributed by atoms with van der Waals surface area (Å²) < 4.78 is 26.3. The standard InChI is InChI=1S/C44H41N2O8P/c47-42(48)30(24-29-12-2-1-3-13-29)28-55(51,52)41-25-45(43(49)53-26-39-35-18-8-4-14-31(35)32-15-5-9-19-36(32)39)22-23-46(41)44(50)54-27-40-37-20-10-6-16-33(37)34-17-7-11-21-38(34)40/h1-21,30,39-41H,22-28H2,(H,47,48)(H,51,52). The smallest absolute Gasteiger partial charge is 0.410 e. The van der Waals surface area contributed by atoms with Crippen molar-refractivity contribution in [1.29, 1.82) is 0 Å². The van der Waals surface area contributed by atoms with Crippen LogP contribution in [-0.4, -0.2) is 82.7 Å². The normalized spacial score (nSPS) is 17.7. The van der Waals surface area contributed by atoms with Crippen molar-refractivity contribution >= 4 is 25.5 Å². The van der Waals surface area contributed by atoms with Crippen molar-refractivity contribution in [2.45, 2.75) is 24.0 Å². The SMILES string of the molecule is O=C(O)C(Cc1ccccc1)CP(=O)(O)C1CN(C(=O)OCC2c3ccccc3-c3ccccc32)CCN1C(=O)OCC1c2ccccc2-c2ccccc21. The van der Waals surface area contributed by atoms with Crippen molar-refractivity contribution in [3.63, 3.8) is 0 Å². The summed E-state index contributed by atoms with van der Waals surface area (Å²) in [7, 11) is -4.49. The molecular weight excluding hydrogens is 715 g/mol. The van der Waals surface area contributed by atoms with Crippen LogP contribution in [0.4, 0.5) is 9.59 Å². The summed E-state index contributed by atoms with van der Waals surface area (Å²) in [4.78, 5) is 54.5. The molecule has 0 saturated carbocycles. The maximum Gasteiger partial charge on any atom is 0.410 e. The molecule has 3 atom stereocenters. The molecule has 10 nitrogen and oxygen atoms in total. The number of nitrogens with zero attached hydrogens (tertiary/aromatic N) is 2. The zero-order valence-corrected chi connectivity index (χ0v) is 31.0. The van der Waals surface area contributed by atoms with Gasteiger partial charge in [0.25, 0.3) is 0 Å². The molecule has 3 aliphatic rings. The quantitative estimate of drug-likeness (QED) is 0.137. The molecule has 1 saturated heterocycles. The number of amides is 2. The molecule has 1 aliphatic heterocycles. The molecule has 0 aromatic heterocycles. The van der Waals surface area contributed by atoms with Gasteiger partial charge in [-0.1, -0.05) is 127 Å². The highest BCUT2D eigenvalue weighted by atomic mass is 31.2. The van der Waals surface area contributed by atoms with Crippen molar-refractivity contribution in [3.05, 3.63) is 155 Å². The average molecular weight is 757 g/mol. The zero-order chi connectivity index (χ0) is 38.1. The van der Waals surface area contributed by atoms with E-state index in [9.17, 15) is 28.9 Å². The highest BCUT2D eigenvalue weighted by Gasteiger charge is 2.46. The monoisotopic (exact) mass is 756 g/mol. The number of hydrogen-bond acceptors (Lipinski definition) is 6. The Kier molecular flexibility index (Phi) is 10.0. The largest absolute Gasteiger partial charge is 0.481 e. The number of carbonyl (C=O) groups excluding carboxylic acids is 2. The summed E-state index contributed by atoms with van der Waals surface area (Å²) in [5, 5.41) is 10.2. The van der Waals surface area contributed by atoms with Crippen LogP contribution in [0.15, 0.2) is 127 Å². The van der Waals surface area contributed by atoms with E-state index < -0.39 is 43.4 Å².